The summed E-state index contributed by atoms with van der Waals surface area (Å²) in [4.78, 5) is 3.43. The van der Waals surface area contributed by atoms with Crippen molar-refractivity contribution in [1.29, 1.82) is 5.26 Å². The van der Waals surface area contributed by atoms with E-state index in [1.807, 2.05) is 19.2 Å². The number of benzene rings is 1. The quantitative estimate of drug-likeness (QED) is 0.835. The van der Waals surface area contributed by atoms with Gasteiger partial charge >= 0.3 is 0 Å². The average Bonchev–Trinajstić information content (AvgIpc) is 2.92. The lowest BCUT2D eigenvalue weighted by Crippen LogP contribution is -2.21. The Bertz CT molecular complexity index is 572. The van der Waals surface area contributed by atoms with Crippen LogP contribution in [0.25, 0.3) is 0 Å². The van der Waals surface area contributed by atoms with Crippen molar-refractivity contribution in [2.75, 3.05) is 13.6 Å². The second kappa shape index (κ2) is 6.46. The first-order valence-corrected chi connectivity index (χ1v) is 6.96. The molecule has 0 amide bonds. The molecule has 0 fully saturated rings. The van der Waals surface area contributed by atoms with Gasteiger partial charge in [0.05, 0.1) is 11.6 Å². The average molecular weight is 274 g/mol. The Morgan fingerprint density at radius 3 is 2.84 bits per heavy atom. The number of nitrogens with zero attached hydrogens (tertiary/aromatic N) is 2. The lowest BCUT2D eigenvalue weighted by molar-refractivity contribution is 0.326. The van der Waals surface area contributed by atoms with Crippen LogP contribution in [0.1, 0.15) is 16.0 Å². The zero-order valence-corrected chi connectivity index (χ0v) is 11.6. The van der Waals surface area contributed by atoms with Gasteiger partial charge in [-0.3, -0.25) is 0 Å². The third-order valence-electron chi connectivity index (χ3n) is 2.94. The molecule has 0 spiro atoms. The predicted octanol–water partition coefficient (Wildman–Crippen LogP) is 3.43. The summed E-state index contributed by atoms with van der Waals surface area (Å²) in [5.74, 6) is -0.304. The molecule has 0 saturated carbocycles. The third-order valence-corrected chi connectivity index (χ3v) is 3.88. The molecule has 0 aliphatic heterocycles. The minimum absolute atomic E-state index is 0.304. The molecular formula is C15H15FN2S. The number of hydrogen-bond donors (Lipinski definition) is 0. The zero-order chi connectivity index (χ0) is 13.7. The highest BCUT2D eigenvalue weighted by Crippen LogP contribution is 2.13. The van der Waals surface area contributed by atoms with Crippen molar-refractivity contribution in [1.82, 2.24) is 4.90 Å². The van der Waals surface area contributed by atoms with E-state index >= 15 is 0 Å². The van der Waals surface area contributed by atoms with Crippen LogP contribution in [0.5, 0.6) is 0 Å². The highest BCUT2D eigenvalue weighted by Gasteiger charge is 2.07. The van der Waals surface area contributed by atoms with Crippen molar-refractivity contribution < 1.29 is 4.39 Å². The van der Waals surface area contributed by atoms with Crippen LogP contribution in [0.2, 0.25) is 0 Å². The standard InChI is InChI=1S/C15H15FN2S/c1-18(7-6-14-3-2-8-19-14)11-13-5-4-12(10-17)9-15(13)16/h2-5,8-9H,6-7,11H2,1H3. The first kappa shape index (κ1) is 13.7. The van der Waals surface area contributed by atoms with Crippen LogP contribution in [-0.2, 0) is 13.0 Å². The molecular weight excluding hydrogens is 259 g/mol. The van der Waals surface area contributed by atoms with Crippen LogP contribution >= 0.6 is 11.3 Å². The Balaban J connectivity index is 1.91. The van der Waals surface area contributed by atoms with Gasteiger partial charge in [-0.05, 0) is 37.0 Å². The molecule has 19 heavy (non-hydrogen) atoms. The lowest BCUT2D eigenvalue weighted by Gasteiger charge is -2.16. The Morgan fingerprint density at radius 2 is 2.21 bits per heavy atom. The highest BCUT2D eigenvalue weighted by atomic mass is 32.1. The molecule has 1 aromatic heterocycles. The molecule has 0 bridgehead atoms. The van der Waals surface area contributed by atoms with E-state index in [4.69, 9.17) is 5.26 Å². The van der Waals surface area contributed by atoms with Gasteiger partial charge in [-0.25, -0.2) is 4.39 Å². The number of likely N-dealkylation sites (N-methyl/N-ethyl adjacent to an activating group) is 1. The number of thiophene rings is 1. The normalized spacial score (nSPS) is 10.6. The molecule has 0 aliphatic carbocycles. The van der Waals surface area contributed by atoms with Gasteiger partial charge in [0.25, 0.3) is 0 Å². The Kier molecular flexibility index (Phi) is 4.67. The monoisotopic (exact) mass is 274 g/mol. The zero-order valence-electron chi connectivity index (χ0n) is 10.8. The minimum atomic E-state index is -0.304. The summed E-state index contributed by atoms with van der Waals surface area (Å²) in [7, 11) is 1.98. The maximum atomic E-state index is 13.7. The van der Waals surface area contributed by atoms with Crippen LogP contribution in [-0.4, -0.2) is 18.5 Å². The molecule has 4 heteroatoms. The summed E-state index contributed by atoms with van der Waals surface area (Å²) < 4.78 is 13.7. The van der Waals surface area contributed by atoms with Gasteiger partial charge < -0.3 is 4.90 Å². The van der Waals surface area contributed by atoms with Crippen molar-refractivity contribution in [3.8, 4) is 6.07 Å². The third kappa shape index (κ3) is 3.88. The van der Waals surface area contributed by atoms with E-state index in [-0.39, 0.29) is 5.82 Å². The smallest absolute Gasteiger partial charge is 0.129 e. The van der Waals surface area contributed by atoms with E-state index < -0.39 is 0 Å². The summed E-state index contributed by atoms with van der Waals surface area (Å²) >= 11 is 1.74. The van der Waals surface area contributed by atoms with E-state index in [1.165, 1.54) is 10.9 Å². The van der Waals surface area contributed by atoms with Crippen molar-refractivity contribution in [2.24, 2.45) is 0 Å². The van der Waals surface area contributed by atoms with E-state index in [0.717, 1.165) is 13.0 Å². The summed E-state index contributed by atoms with van der Waals surface area (Å²) in [6.07, 6.45) is 0.978. The predicted molar refractivity (Wildman–Crippen MR) is 75.5 cm³/mol. The fourth-order valence-corrected chi connectivity index (χ4v) is 2.57. The summed E-state index contributed by atoms with van der Waals surface area (Å²) in [6.45, 7) is 1.45. The summed E-state index contributed by atoms with van der Waals surface area (Å²) in [5.41, 5.74) is 0.996. The second-order valence-corrected chi connectivity index (χ2v) is 5.52. The SMILES string of the molecule is CN(CCc1cccs1)Cc1ccc(C#N)cc1F. The van der Waals surface area contributed by atoms with Crippen molar-refractivity contribution in [3.63, 3.8) is 0 Å². The maximum absolute atomic E-state index is 13.7. The Labute approximate surface area is 116 Å². The van der Waals surface area contributed by atoms with E-state index in [1.54, 1.807) is 23.5 Å². The van der Waals surface area contributed by atoms with Crippen molar-refractivity contribution >= 4 is 11.3 Å². The van der Waals surface area contributed by atoms with Gasteiger partial charge in [0.2, 0.25) is 0 Å². The highest BCUT2D eigenvalue weighted by molar-refractivity contribution is 7.09. The number of hydrogen-bond acceptors (Lipinski definition) is 3. The van der Waals surface area contributed by atoms with Crippen LogP contribution in [0.3, 0.4) is 0 Å². The van der Waals surface area contributed by atoms with Gasteiger partial charge in [-0.1, -0.05) is 12.1 Å². The molecule has 2 nitrogen and oxygen atoms in total. The number of rotatable bonds is 5. The van der Waals surface area contributed by atoms with Gasteiger partial charge in [0.1, 0.15) is 5.82 Å². The van der Waals surface area contributed by atoms with E-state index in [9.17, 15) is 4.39 Å². The second-order valence-electron chi connectivity index (χ2n) is 4.49. The van der Waals surface area contributed by atoms with E-state index in [2.05, 4.69) is 16.3 Å². The number of halogens is 1. The van der Waals surface area contributed by atoms with Crippen LogP contribution in [0.15, 0.2) is 35.7 Å². The van der Waals surface area contributed by atoms with Crippen molar-refractivity contribution in [2.45, 2.75) is 13.0 Å². The van der Waals surface area contributed by atoms with Gasteiger partial charge in [-0.15, -0.1) is 11.3 Å². The molecule has 0 unspecified atom stereocenters. The summed E-state index contributed by atoms with van der Waals surface area (Å²) in [6, 6.07) is 10.7. The molecule has 2 rings (SSSR count). The van der Waals surface area contributed by atoms with Crippen molar-refractivity contribution in [3.05, 3.63) is 57.5 Å². The molecule has 2 aromatic rings. The van der Waals surface area contributed by atoms with Gasteiger partial charge in [0, 0.05) is 23.5 Å². The topological polar surface area (TPSA) is 27.0 Å². The fraction of sp³-hybridized carbons (Fsp3) is 0.267. The molecule has 0 saturated heterocycles. The Morgan fingerprint density at radius 1 is 1.37 bits per heavy atom. The van der Waals surface area contributed by atoms with Gasteiger partial charge in [-0.2, -0.15) is 5.26 Å². The van der Waals surface area contributed by atoms with Gasteiger partial charge in [0.15, 0.2) is 0 Å². The fourth-order valence-electron chi connectivity index (χ4n) is 1.87. The number of nitriles is 1. The first-order chi connectivity index (χ1) is 9.19. The summed E-state index contributed by atoms with van der Waals surface area (Å²) in [5, 5.41) is 10.8. The molecule has 98 valence electrons. The molecule has 0 radical (unpaired) electrons. The molecule has 1 heterocycles. The maximum Gasteiger partial charge on any atom is 0.129 e. The largest absolute Gasteiger partial charge is 0.302 e. The van der Waals surface area contributed by atoms with Crippen LogP contribution in [0, 0.1) is 17.1 Å². The Hall–Kier alpha value is -1.70. The first-order valence-electron chi connectivity index (χ1n) is 6.08. The molecule has 0 N–H and O–H groups in total. The molecule has 1 aromatic carbocycles. The molecule has 0 aliphatic rings. The van der Waals surface area contributed by atoms with E-state index in [0.29, 0.717) is 17.7 Å². The van der Waals surface area contributed by atoms with Crippen LogP contribution in [0.4, 0.5) is 4.39 Å². The molecule has 0 atom stereocenters. The van der Waals surface area contributed by atoms with Crippen LogP contribution < -0.4 is 0 Å². The minimum Gasteiger partial charge on any atom is -0.302 e. The lowest BCUT2D eigenvalue weighted by atomic mass is 10.1.